The van der Waals surface area contributed by atoms with Crippen molar-refractivity contribution in [3.63, 3.8) is 0 Å². The fraction of sp³-hybridized carbons (Fsp3) is 0.429. The minimum absolute atomic E-state index is 0.0638. The summed E-state index contributed by atoms with van der Waals surface area (Å²) >= 11 is 0. The molecule has 1 aromatic carbocycles. The Morgan fingerprint density at radius 2 is 1.77 bits per heavy atom. The molecule has 2 rings (SSSR count). The number of carboxylic acids is 1. The van der Waals surface area contributed by atoms with Gasteiger partial charge >= 0.3 is 12.1 Å². The lowest BCUT2D eigenvalue weighted by Gasteiger charge is -2.24. The van der Waals surface area contributed by atoms with Gasteiger partial charge in [-0.3, -0.25) is 4.79 Å². The average Bonchev–Trinajstić information content (AvgIpc) is 3.19. The first-order chi connectivity index (χ1) is 14.6. The van der Waals surface area contributed by atoms with Gasteiger partial charge in [0.2, 0.25) is 5.91 Å². The van der Waals surface area contributed by atoms with Gasteiger partial charge in [0.15, 0.2) is 0 Å². The zero-order valence-electron chi connectivity index (χ0n) is 18.0. The lowest BCUT2D eigenvalue weighted by Crippen LogP contribution is -2.53. The molecular weight excluding hydrogens is 404 g/mol. The molecule has 0 aliphatic heterocycles. The Kier molecular flexibility index (Phi) is 8.00. The number of benzene rings is 1. The van der Waals surface area contributed by atoms with Crippen molar-refractivity contribution < 1.29 is 29.0 Å². The van der Waals surface area contributed by atoms with E-state index in [1.807, 2.05) is 0 Å². The van der Waals surface area contributed by atoms with E-state index in [-0.39, 0.29) is 12.8 Å². The maximum absolute atomic E-state index is 12.9. The Labute approximate surface area is 180 Å². The van der Waals surface area contributed by atoms with Gasteiger partial charge in [-0.2, -0.15) is 0 Å². The number of hydrogen-bond donors (Lipinski definition) is 4. The molecule has 4 N–H and O–H groups in total. The number of carbonyl (C=O) groups is 3. The predicted octanol–water partition coefficient (Wildman–Crippen LogP) is 1.67. The summed E-state index contributed by atoms with van der Waals surface area (Å²) in [7, 11) is 1.53. The number of alkyl carbamates (subject to hydrolysis) is 1. The summed E-state index contributed by atoms with van der Waals surface area (Å²) in [5.74, 6) is -1.20. The standard InChI is InChI=1S/C21H28N4O6/c1-21(2,3)31-20(29)25-16(10-14-11-22-12-23-14)18(26)24-17(19(27)28)9-13-5-7-15(30-4)8-6-13/h5-8,11-12,16-17H,9-10H2,1-4H3,(H,22,23)(H,24,26)(H,25,29)(H,27,28). The number of aromatic amines is 1. The molecule has 0 saturated carbocycles. The smallest absolute Gasteiger partial charge is 0.408 e. The minimum atomic E-state index is -1.19. The maximum atomic E-state index is 12.9. The van der Waals surface area contributed by atoms with E-state index < -0.39 is 35.7 Å². The molecule has 0 aliphatic rings. The van der Waals surface area contributed by atoms with E-state index in [0.29, 0.717) is 17.0 Å². The molecule has 2 unspecified atom stereocenters. The van der Waals surface area contributed by atoms with Crippen molar-refractivity contribution in [3.05, 3.63) is 48.0 Å². The van der Waals surface area contributed by atoms with Crippen molar-refractivity contribution in [1.29, 1.82) is 0 Å². The first-order valence-electron chi connectivity index (χ1n) is 9.70. The fourth-order valence-corrected chi connectivity index (χ4v) is 2.75. The number of H-pyrrole nitrogens is 1. The van der Waals surface area contributed by atoms with Crippen molar-refractivity contribution in [2.45, 2.75) is 51.3 Å². The molecule has 0 aliphatic carbocycles. The molecule has 0 radical (unpaired) electrons. The number of aliphatic carboxylic acids is 1. The number of hydrogen-bond acceptors (Lipinski definition) is 6. The van der Waals surface area contributed by atoms with Gasteiger partial charge in [-0.05, 0) is 38.5 Å². The quantitative estimate of drug-likeness (QED) is 0.472. The molecule has 2 amide bonds. The fourth-order valence-electron chi connectivity index (χ4n) is 2.75. The summed E-state index contributed by atoms with van der Waals surface area (Å²) in [5, 5.41) is 14.6. The molecule has 10 nitrogen and oxygen atoms in total. The first kappa shape index (κ1) is 23.7. The number of carbonyl (C=O) groups excluding carboxylic acids is 2. The molecule has 10 heteroatoms. The maximum Gasteiger partial charge on any atom is 0.408 e. The second-order valence-corrected chi connectivity index (χ2v) is 7.93. The van der Waals surface area contributed by atoms with Crippen LogP contribution in [0.5, 0.6) is 5.75 Å². The Hall–Kier alpha value is -3.56. The summed E-state index contributed by atoms with van der Waals surface area (Å²) in [4.78, 5) is 43.6. The van der Waals surface area contributed by atoms with Crippen LogP contribution in [0.2, 0.25) is 0 Å². The van der Waals surface area contributed by atoms with Crippen molar-refractivity contribution in [3.8, 4) is 5.75 Å². The molecule has 31 heavy (non-hydrogen) atoms. The third-order valence-electron chi connectivity index (χ3n) is 4.20. The van der Waals surface area contributed by atoms with E-state index in [1.165, 1.54) is 19.6 Å². The van der Waals surface area contributed by atoms with Gasteiger partial charge in [0.05, 0.1) is 13.4 Å². The largest absolute Gasteiger partial charge is 0.497 e. The van der Waals surface area contributed by atoms with Crippen LogP contribution in [0.1, 0.15) is 32.0 Å². The average molecular weight is 432 g/mol. The predicted molar refractivity (Wildman–Crippen MR) is 112 cm³/mol. The first-order valence-corrected chi connectivity index (χ1v) is 9.70. The zero-order valence-corrected chi connectivity index (χ0v) is 18.0. The van der Waals surface area contributed by atoms with Gasteiger partial charge in [-0.1, -0.05) is 12.1 Å². The topological polar surface area (TPSA) is 143 Å². The highest BCUT2D eigenvalue weighted by Crippen LogP contribution is 2.13. The third kappa shape index (κ3) is 8.00. The molecule has 2 atom stereocenters. The summed E-state index contributed by atoms with van der Waals surface area (Å²) in [6.07, 6.45) is 2.33. The third-order valence-corrected chi connectivity index (χ3v) is 4.20. The van der Waals surface area contributed by atoms with Crippen LogP contribution in [-0.2, 0) is 27.2 Å². The summed E-state index contributed by atoms with van der Waals surface area (Å²) in [6.45, 7) is 5.10. The number of nitrogens with zero attached hydrogens (tertiary/aromatic N) is 1. The molecule has 0 fully saturated rings. The Bertz CT molecular complexity index is 874. The summed E-state index contributed by atoms with van der Waals surface area (Å²) < 4.78 is 10.3. The van der Waals surface area contributed by atoms with Crippen molar-refractivity contribution >= 4 is 18.0 Å². The number of imidazole rings is 1. The number of nitrogens with one attached hydrogen (secondary N) is 3. The number of methoxy groups -OCH3 is 1. The van der Waals surface area contributed by atoms with E-state index in [9.17, 15) is 19.5 Å². The van der Waals surface area contributed by atoms with Crippen LogP contribution < -0.4 is 15.4 Å². The van der Waals surface area contributed by atoms with Gasteiger partial charge in [0.1, 0.15) is 23.4 Å². The summed E-state index contributed by atoms with van der Waals surface area (Å²) in [5.41, 5.74) is 0.550. The van der Waals surface area contributed by atoms with Crippen LogP contribution in [0.4, 0.5) is 4.79 Å². The highest BCUT2D eigenvalue weighted by molar-refractivity contribution is 5.89. The summed E-state index contributed by atoms with van der Waals surface area (Å²) in [6, 6.07) is 4.62. The molecule has 2 aromatic rings. The number of amides is 2. The van der Waals surface area contributed by atoms with Crippen LogP contribution in [0.25, 0.3) is 0 Å². The van der Waals surface area contributed by atoms with Gasteiger partial charge in [0, 0.05) is 24.7 Å². The highest BCUT2D eigenvalue weighted by atomic mass is 16.6. The number of carboxylic acid groups (broad SMARTS) is 1. The van der Waals surface area contributed by atoms with E-state index >= 15 is 0 Å². The lowest BCUT2D eigenvalue weighted by atomic mass is 10.0. The van der Waals surface area contributed by atoms with E-state index in [0.717, 1.165) is 0 Å². The lowest BCUT2D eigenvalue weighted by molar-refractivity contribution is -0.142. The molecule has 0 bridgehead atoms. The Balaban J connectivity index is 2.11. The van der Waals surface area contributed by atoms with Gasteiger partial charge in [0.25, 0.3) is 0 Å². The Morgan fingerprint density at radius 3 is 2.29 bits per heavy atom. The number of rotatable bonds is 9. The number of aromatic nitrogens is 2. The molecule has 0 spiro atoms. The van der Waals surface area contributed by atoms with Crippen LogP contribution in [0.15, 0.2) is 36.8 Å². The van der Waals surface area contributed by atoms with Crippen LogP contribution in [-0.4, -0.2) is 57.8 Å². The molecule has 168 valence electrons. The van der Waals surface area contributed by atoms with Gasteiger partial charge in [-0.25, -0.2) is 14.6 Å². The van der Waals surface area contributed by atoms with Crippen molar-refractivity contribution in [2.75, 3.05) is 7.11 Å². The monoisotopic (exact) mass is 432 g/mol. The van der Waals surface area contributed by atoms with Crippen molar-refractivity contribution in [2.24, 2.45) is 0 Å². The van der Waals surface area contributed by atoms with Crippen LogP contribution in [0.3, 0.4) is 0 Å². The van der Waals surface area contributed by atoms with E-state index in [2.05, 4.69) is 20.6 Å². The highest BCUT2D eigenvalue weighted by Gasteiger charge is 2.29. The van der Waals surface area contributed by atoms with Crippen LogP contribution in [0, 0.1) is 0 Å². The minimum Gasteiger partial charge on any atom is -0.497 e. The van der Waals surface area contributed by atoms with Gasteiger partial charge in [-0.15, -0.1) is 0 Å². The van der Waals surface area contributed by atoms with E-state index in [4.69, 9.17) is 9.47 Å². The normalized spacial score (nSPS) is 13.0. The zero-order chi connectivity index (χ0) is 23.0. The molecule has 1 aromatic heterocycles. The molecule has 1 heterocycles. The molecule has 0 saturated heterocycles. The van der Waals surface area contributed by atoms with Crippen molar-refractivity contribution in [1.82, 2.24) is 20.6 Å². The second-order valence-electron chi connectivity index (χ2n) is 7.93. The molecular formula is C21H28N4O6. The number of ether oxygens (including phenoxy) is 2. The second kappa shape index (κ2) is 10.5. The SMILES string of the molecule is COc1ccc(CC(NC(=O)C(Cc2cnc[nH]2)NC(=O)OC(C)(C)C)C(=O)O)cc1. The van der Waals surface area contributed by atoms with E-state index in [1.54, 1.807) is 45.0 Å². The van der Waals surface area contributed by atoms with Gasteiger partial charge < -0.3 is 30.2 Å². The Morgan fingerprint density at radius 1 is 1.10 bits per heavy atom. The van der Waals surface area contributed by atoms with Crippen LogP contribution >= 0.6 is 0 Å².